The SMILES string of the molecule is COc1ccc(C2CCCCCN2S(=O)(=O)c2ccc(CCNC(C)=O)s2)cc1. The number of hydrogen-bond donors (Lipinski definition) is 1. The van der Waals surface area contributed by atoms with E-state index in [1.54, 1.807) is 17.5 Å². The molecule has 0 spiro atoms. The molecule has 3 rings (SSSR count). The molecule has 1 aliphatic rings. The van der Waals surface area contributed by atoms with Gasteiger partial charge in [-0.2, -0.15) is 4.31 Å². The summed E-state index contributed by atoms with van der Waals surface area (Å²) in [6.45, 7) is 2.51. The third-order valence-electron chi connectivity index (χ3n) is 5.15. The van der Waals surface area contributed by atoms with E-state index in [0.29, 0.717) is 23.7 Å². The van der Waals surface area contributed by atoms with Gasteiger partial charge in [0.1, 0.15) is 9.96 Å². The van der Waals surface area contributed by atoms with E-state index in [4.69, 9.17) is 4.74 Å². The second kappa shape index (κ2) is 9.73. The van der Waals surface area contributed by atoms with Crippen molar-refractivity contribution >= 4 is 27.3 Å². The first kappa shape index (κ1) is 21.8. The standard InChI is InChI=1S/C21H28N2O4S2/c1-16(24)22-14-13-19-11-12-21(28-19)29(25,26)23-15-5-3-4-6-20(23)17-7-9-18(27-2)10-8-17/h7-12,20H,3-6,13-15H2,1-2H3,(H,22,24). The Balaban J connectivity index is 1.83. The molecule has 1 atom stereocenters. The molecule has 2 heterocycles. The Kier molecular flexibility index (Phi) is 7.32. The number of nitrogens with zero attached hydrogens (tertiary/aromatic N) is 1. The number of rotatable bonds is 7. The molecule has 0 saturated carbocycles. The van der Waals surface area contributed by atoms with Crippen molar-refractivity contribution < 1.29 is 17.9 Å². The maximum atomic E-state index is 13.5. The van der Waals surface area contributed by atoms with Gasteiger partial charge < -0.3 is 10.1 Å². The zero-order valence-electron chi connectivity index (χ0n) is 16.9. The van der Waals surface area contributed by atoms with Crippen LogP contribution < -0.4 is 10.1 Å². The molecule has 0 radical (unpaired) electrons. The number of methoxy groups -OCH3 is 1. The lowest BCUT2D eigenvalue weighted by Gasteiger charge is -2.29. The predicted octanol–water partition coefficient (Wildman–Crippen LogP) is 3.74. The van der Waals surface area contributed by atoms with Gasteiger partial charge in [-0.1, -0.05) is 25.0 Å². The monoisotopic (exact) mass is 436 g/mol. The molecule has 2 aromatic rings. The molecule has 1 unspecified atom stereocenters. The topological polar surface area (TPSA) is 75.7 Å². The lowest BCUT2D eigenvalue weighted by atomic mass is 10.0. The van der Waals surface area contributed by atoms with Crippen LogP contribution in [0.15, 0.2) is 40.6 Å². The number of hydrogen-bond acceptors (Lipinski definition) is 5. The predicted molar refractivity (Wildman–Crippen MR) is 115 cm³/mol. The Morgan fingerprint density at radius 2 is 1.93 bits per heavy atom. The third kappa shape index (κ3) is 5.38. The summed E-state index contributed by atoms with van der Waals surface area (Å²) in [4.78, 5) is 12.0. The molecule has 8 heteroatoms. The Bertz CT molecular complexity index is 922. The van der Waals surface area contributed by atoms with Gasteiger partial charge in [-0.3, -0.25) is 4.79 Å². The van der Waals surface area contributed by atoms with Crippen LogP contribution in [-0.2, 0) is 21.2 Å². The number of amides is 1. The van der Waals surface area contributed by atoms with Crippen LogP contribution in [0.2, 0.25) is 0 Å². The lowest BCUT2D eigenvalue weighted by Crippen LogP contribution is -2.34. The molecule has 6 nitrogen and oxygen atoms in total. The number of benzene rings is 1. The van der Waals surface area contributed by atoms with Crippen molar-refractivity contribution in [2.24, 2.45) is 0 Å². The minimum Gasteiger partial charge on any atom is -0.497 e. The maximum Gasteiger partial charge on any atom is 0.253 e. The van der Waals surface area contributed by atoms with Gasteiger partial charge in [-0.05, 0) is 49.1 Å². The van der Waals surface area contributed by atoms with Gasteiger partial charge in [0.05, 0.1) is 13.2 Å². The molecule has 1 aromatic carbocycles. The molecule has 29 heavy (non-hydrogen) atoms. The molecule has 0 bridgehead atoms. The fraction of sp³-hybridized carbons (Fsp3) is 0.476. The molecule has 1 amide bonds. The quantitative estimate of drug-likeness (QED) is 0.717. The van der Waals surface area contributed by atoms with E-state index >= 15 is 0 Å². The summed E-state index contributed by atoms with van der Waals surface area (Å²) in [5.41, 5.74) is 0.999. The van der Waals surface area contributed by atoms with E-state index in [2.05, 4.69) is 5.32 Å². The molecule has 1 aliphatic heterocycles. The third-order valence-corrected chi connectivity index (χ3v) is 8.67. The zero-order valence-corrected chi connectivity index (χ0v) is 18.5. The van der Waals surface area contributed by atoms with Crippen molar-refractivity contribution in [3.8, 4) is 5.75 Å². The molecular weight excluding hydrogens is 408 g/mol. The van der Waals surface area contributed by atoms with Crippen LogP contribution in [0.1, 0.15) is 49.1 Å². The Labute approximate surface area is 176 Å². The second-order valence-corrected chi connectivity index (χ2v) is 10.5. The van der Waals surface area contributed by atoms with Gasteiger partial charge in [0.25, 0.3) is 10.0 Å². The summed E-state index contributed by atoms with van der Waals surface area (Å²) in [6.07, 6.45) is 4.35. The minimum atomic E-state index is -3.59. The van der Waals surface area contributed by atoms with E-state index in [1.165, 1.54) is 18.3 Å². The number of nitrogens with one attached hydrogen (secondary N) is 1. The molecule has 0 aliphatic carbocycles. The average Bonchev–Trinajstić information content (AvgIpc) is 3.04. The van der Waals surface area contributed by atoms with Crippen molar-refractivity contribution in [2.75, 3.05) is 20.2 Å². The van der Waals surface area contributed by atoms with E-state index in [-0.39, 0.29) is 11.9 Å². The van der Waals surface area contributed by atoms with Crippen molar-refractivity contribution in [3.05, 3.63) is 46.8 Å². The highest BCUT2D eigenvalue weighted by Gasteiger charge is 2.34. The van der Waals surface area contributed by atoms with Crippen LogP contribution in [-0.4, -0.2) is 38.8 Å². The highest BCUT2D eigenvalue weighted by molar-refractivity contribution is 7.91. The Hall–Kier alpha value is -1.90. The van der Waals surface area contributed by atoms with E-state index in [9.17, 15) is 13.2 Å². The number of thiophene rings is 1. The number of carbonyl (C=O) groups is 1. The number of carbonyl (C=O) groups excluding carboxylic acids is 1. The smallest absolute Gasteiger partial charge is 0.253 e. The van der Waals surface area contributed by atoms with Crippen molar-refractivity contribution in [2.45, 2.75) is 49.3 Å². The number of ether oxygens (including phenoxy) is 1. The van der Waals surface area contributed by atoms with Gasteiger partial charge in [0.15, 0.2) is 0 Å². The lowest BCUT2D eigenvalue weighted by molar-refractivity contribution is -0.118. The first-order chi connectivity index (χ1) is 13.9. The Morgan fingerprint density at radius 3 is 2.62 bits per heavy atom. The van der Waals surface area contributed by atoms with Gasteiger partial charge in [-0.25, -0.2) is 8.42 Å². The first-order valence-electron chi connectivity index (χ1n) is 9.91. The van der Waals surface area contributed by atoms with Gasteiger partial charge >= 0.3 is 0 Å². The first-order valence-corrected chi connectivity index (χ1v) is 12.2. The summed E-state index contributed by atoms with van der Waals surface area (Å²) < 4.78 is 34.2. The van der Waals surface area contributed by atoms with Crippen LogP contribution in [0, 0.1) is 0 Å². The highest BCUT2D eigenvalue weighted by atomic mass is 32.2. The van der Waals surface area contributed by atoms with Crippen molar-refractivity contribution in [3.63, 3.8) is 0 Å². The zero-order chi connectivity index (χ0) is 20.9. The van der Waals surface area contributed by atoms with E-state index in [0.717, 1.165) is 41.9 Å². The molecule has 1 N–H and O–H groups in total. The van der Waals surface area contributed by atoms with Crippen LogP contribution in [0.25, 0.3) is 0 Å². The summed E-state index contributed by atoms with van der Waals surface area (Å²) in [6, 6.07) is 11.1. The molecule has 1 saturated heterocycles. The molecule has 1 fully saturated rings. The largest absolute Gasteiger partial charge is 0.497 e. The summed E-state index contributed by atoms with van der Waals surface area (Å²) in [5, 5.41) is 2.75. The number of sulfonamides is 1. The van der Waals surface area contributed by atoms with Gasteiger partial charge in [0, 0.05) is 24.9 Å². The van der Waals surface area contributed by atoms with E-state index < -0.39 is 10.0 Å². The van der Waals surface area contributed by atoms with Crippen molar-refractivity contribution in [1.29, 1.82) is 0 Å². The van der Waals surface area contributed by atoms with Crippen LogP contribution >= 0.6 is 11.3 Å². The normalized spacial score (nSPS) is 18.2. The molecule has 1 aromatic heterocycles. The fourth-order valence-corrected chi connectivity index (χ4v) is 6.80. The summed E-state index contributed by atoms with van der Waals surface area (Å²) in [7, 11) is -1.96. The maximum absolute atomic E-state index is 13.5. The van der Waals surface area contributed by atoms with Crippen molar-refractivity contribution in [1.82, 2.24) is 9.62 Å². The van der Waals surface area contributed by atoms with Gasteiger partial charge in [-0.15, -0.1) is 11.3 Å². The van der Waals surface area contributed by atoms with Crippen LogP contribution in [0.3, 0.4) is 0 Å². The van der Waals surface area contributed by atoms with Crippen LogP contribution in [0.4, 0.5) is 0 Å². The molecular formula is C21H28N2O4S2. The summed E-state index contributed by atoms with van der Waals surface area (Å²) >= 11 is 1.29. The highest BCUT2D eigenvalue weighted by Crippen LogP contribution is 2.37. The van der Waals surface area contributed by atoms with Gasteiger partial charge in [0.2, 0.25) is 5.91 Å². The van der Waals surface area contributed by atoms with E-state index in [1.807, 2.05) is 30.3 Å². The summed E-state index contributed by atoms with van der Waals surface area (Å²) in [5.74, 6) is 0.681. The van der Waals surface area contributed by atoms with Crippen LogP contribution in [0.5, 0.6) is 5.75 Å². The minimum absolute atomic E-state index is 0.0821. The second-order valence-electron chi connectivity index (χ2n) is 7.21. The Morgan fingerprint density at radius 1 is 1.17 bits per heavy atom. The fourth-order valence-electron chi connectivity index (χ4n) is 3.64. The average molecular weight is 437 g/mol. The molecule has 158 valence electrons.